The van der Waals surface area contributed by atoms with Crippen molar-refractivity contribution in [2.45, 2.75) is 26.7 Å². The number of nitrogens with zero attached hydrogens (tertiary/aromatic N) is 4. The number of aryl methyl sites for hydroxylation is 2. The second-order valence-corrected chi connectivity index (χ2v) is 5.02. The van der Waals surface area contributed by atoms with Gasteiger partial charge >= 0.3 is 0 Å². The lowest BCUT2D eigenvalue weighted by atomic mass is 10.3. The minimum absolute atomic E-state index is 0.167. The maximum Gasteiger partial charge on any atom is 0.254 e. The summed E-state index contributed by atoms with van der Waals surface area (Å²) < 4.78 is 28.3. The number of fused-ring (bicyclic) bond motifs is 1. The summed E-state index contributed by atoms with van der Waals surface area (Å²) in [6.45, 7) is 3.86. The highest BCUT2D eigenvalue weighted by Crippen LogP contribution is 2.21. The fourth-order valence-corrected chi connectivity index (χ4v) is 2.18. The Hall–Kier alpha value is -2.57. The van der Waals surface area contributed by atoms with Crippen LogP contribution in [-0.4, -0.2) is 19.6 Å². The van der Waals surface area contributed by atoms with Crippen molar-refractivity contribution in [1.29, 1.82) is 0 Å². The van der Waals surface area contributed by atoms with Gasteiger partial charge in [-0.1, -0.05) is 6.92 Å². The van der Waals surface area contributed by atoms with Crippen LogP contribution in [0.25, 0.3) is 5.78 Å². The van der Waals surface area contributed by atoms with Gasteiger partial charge in [0.05, 0.1) is 5.69 Å². The first-order chi connectivity index (χ1) is 10.6. The van der Waals surface area contributed by atoms with Crippen LogP contribution in [-0.2, 0) is 6.42 Å². The molecule has 1 aromatic carbocycles. The van der Waals surface area contributed by atoms with Gasteiger partial charge in [0.15, 0.2) is 5.82 Å². The molecule has 0 unspecified atom stereocenters. The summed E-state index contributed by atoms with van der Waals surface area (Å²) in [4.78, 5) is 8.66. The van der Waals surface area contributed by atoms with Crippen LogP contribution in [0, 0.1) is 18.6 Å². The molecule has 0 spiro atoms. The number of anilines is 2. The van der Waals surface area contributed by atoms with Crippen LogP contribution in [0.3, 0.4) is 0 Å². The van der Waals surface area contributed by atoms with E-state index in [1.54, 1.807) is 6.07 Å². The summed E-state index contributed by atoms with van der Waals surface area (Å²) >= 11 is 0. The molecule has 0 radical (unpaired) electrons. The first kappa shape index (κ1) is 14.4. The van der Waals surface area contributed by atoms with Crippen LogP contribution in [0.15, 0.2) is 24.3 Å². The van der Waals surface area contributed by atoms with E-state index in [0.29, 0.717) is 17.4 Å². The number of aromatic nitrogens is 4. The molecule has 0 aliphatic rings. The van der Waals surface area contributed by atoms with E-state index in [0.717, 1.165) is 24.6 Å². The standard InChI is InChI=1S/C15H15F2N5/c1-3-4-13-20-15-18-9(2)7-14(22(15)21-13)19-12-6-5-10(16)8-11(12)17/h5-8,19H,3-4H2,1-2H3. The summed E-state index contributed by atoms with van der Waals surface area (Å²) in [6, 6.07) is 5.11. The molecule has 3 aromatic rings. The number of benzene rings is 1. The summed E-state index contributed by atoms with van der Waals surface area (Å²) in [5, 5.41) is 7.29. The van der Waals surface area contributed by atoms with E-state index >= 15 is 0 Å². The maximum atomic E-state index is 13.8. The van der Waals surface area contributed by atoms with Crippen LogP contribution in [0.2, 0.25) is 0 Å². The second kappa shape index (κ2) is 5.67. The van der Waals surface area contributed by atoms with Crippen molar-refractivity contribution in [3.63, 3.8) is 0 Å². The normalized spacial score (nSPS) is 11.1. The van der Waals surface area contributed by atoms with E-state index in [4.69, 9.17) is 0 Å². The lowest BCUT2D eigenvalue weighted by molar-refractivity contribution is 0.586. The van der Waals surface area contributed by atoms with Gasteiger partial charge in [-0.3, -0.25) is 0 Å². The van der Waals surface area contributed by atoms with Crippen molar-refractivity contribution in [2.75, 3.05) is 5.32 Å². The Balaban J connectivity index is 2.05. The molecule has 0 fully saturated rings. The Morgan fingerprint density at radius 3 is 2.73 bits per heavy atom. The van der Waals surface area contributed by atoms with Gasteiger partial charge < -0.3 is 5.32 Å². The number of hydrogen-bond donors (Lipinski definition) is 1. The summed E-state index contributed by atoms with van der Waals surface area (Å²) in [5.74, 6) is 0.376. The average Bonchev–Trinajstić information content (AvgIpc) is 2.84. The largest absolute Gasteiger partial charge is 0.338 e. The van der Waals surface area contributed by atoms with Gasteiger partial charge in [-0.25, -0.2) is 13.8 Å². The van der Waals surface area contributed by atoms with Crippen molar-refractivity contribution < 1.29 is 8.78 Å². The van der Waals surface area contributed by atoms with Crippen molar-refractivity contribution in [3.8, 4) is 0 Å². The Labute approximate surface area is 126 Å². The fourth-order valence-electron chi connectivity index (χ4n) is 2.18. The topological polar surface area (TPSA) is 55.1 Å². The lowest BCUT2D eigenvalue weighted by Crippen LogP contribution is -2.04. The highest BCUT2D eigenvalue weighted by molar-refractivity contribution is 5.59. The Bertz CT molecular complexity index is 828. The molecular formula is C15H15F2N5. The predicted molar refractivity (Wildman–Crippen MR) is 79.2 cm³/mol. The first-order valence-electron chi connectivity index (χ1n) is 7.02. The highest BCUT2D eigenvalue weighted by Gasteiger charge is 2.11. The van der Waals surface area contributed by atoms with Crippen LogP contribution < -0.4 is 5.32 Å². The quantitative estimate of drug-likeness (QED) is 0.802. The number of halogens is 2. The molecular weight excluding hydrogens is 288 g/mol. The Morgan fingerprint density at radius 1 is 1.18 bits per heavy atom. The first-order valence-corrected chi connectivity index (χ1v) is 7.02. The molecule has 7 heteroatoms. The molecule has 0 aliphatic carbocycles. The zero-order valence-corrected chi connectivity index (χ0v) is 12.3. The molecule has 5 nitrogen and oxygen atoms in total. The van der Waals surface area contributed by atoms with Crippen molar-refractivity contribution >= 4 is 17.3 Å². The van der Waals surface area contributed by atoms with Crippen LogP contribution in [0.4, 0.5) is 20.3 Å². The summed E-state index contributed by atoms with van der Waals surface area (Å²) in [5.41, 5.74) is 0.897. The maximum absolute atomic E-state index is 13.8. The smallest absolute Gasteiger partial charge is 0.254 e. The zero-order valence-electron chi connectivity index (χ0n) is 12.3. The van der Waals surface area contributed by atoms with E-state index in [9.17, 15) is 8.78 Å². The Morgan fingerprint density at radius 2 is 2.00 bits per heavy atom. The van der Waals surface area contributed by atoms with E-state index in [1.807, 2.05) is 13.8 Å². The van der Waals surface area contributed by atoms with E-state index in [1.165, 1.54) is 16.6 Å². The van der Waals surface area contributed by atoms with Gasteiger partial charge in [0, 0.05) is 24.2 Å². The molecule has 2 aromatic heterocycles. The van der Waals surface area contributed by atoms with E-state index < -0.39 is 11.6 Å². The number of hydrogen-bond acceptors (Lipinski definition) is 4. The number of rotatable bonds is 4. The van der Waals surface area contributed by atoms with Gasteiger partial charge in [0.25, 0.3) is 5.78 Å². The average molecular weight is 303 g/mol. The molecule has 0 aliphatic heterocycles. The van der Waals surface area contributed by atoms with Gasteiger partial charge in [-0.2, -0.15) is 9.50 Å². The molecule has 0 atom stereocenters. The highest BCUT2D eigenvalue weighted by atomic mass is 19.1. The molecule has 0 amide bonds. The van der Waals surface area contributed by atoms with Crippen molar-refractivity contribution in [3.05, 3.63) is 47.4 Å². The third kappa shape index (κ3) is 2.74. The molecule has 2 heterocycles. The monoisotopic (exact) mass is 303 g/mol. The van der Waals surface area contributed by atoms with Crippen molar-refractivity contribution in [2.24, 2.45) is 0 Å². The zero-order chi connectivity index (χ0) is 15.7. The molecule has 0 bridgehead atoms. The lowest BCUT2D eigenvalue weighted by Gasteiger charge is -2.09. The van der Waals surface area contributed by atoms with E-state index in [-0.39, 0.29) is 5.69 Å². The van der Waals surface area contributed by atoms with Crippen LogP contribution in [0.1, 0.15) is 24.9 Å². The summed E-state index contributed by atoms with van der Waals surface area (Å²) in [7, 11) is 0. The minimum atomic E-state index is -0.670. The molecule has 1 N–H and O–H groups in total. The third-order valence-electron chi connectivity index (χ3n) is 3.15. The minimum Gasteiger partial charge on any atom is -0.338 e. The SMILES string of the molecule is CCCc1nc2nc(C)cc(Nc3ccc(F)cc3F)n2n1. The van der Waals surface area contributed by atoms with E-state index in [2.05, 4.69) is 20.4 Å². The third-order valence-corrected chi connectivity index (χ3v) is 3.15. The molecule has 0 saturated carbocycles. The van der Waals surface area contributed by atoms with Gasteiger partial charge in [-0.05, 0) is 25.5 Å². The fraction of sp³-hybridized carbons (Fsp3) is 0.267. The molecule has 114 valence electrons. The van der Waals surface area contributed by atoms with Crippen LogP contribution in [0.5, 0.6) is 0 Å². The van der Waals surface area contributed by atoms with Gasteiger partial charge in [0.1, 0.15) is 17.5 Å². The number of nitrogens with one attached hydrogen (secondary N) is 1. The van der Waals surface area contributed by atoms with Gasteiger partial charge in [-0.15, -0.1) is 5.10 Å². The molecule has 0 saturated heterocycles. The molecule has 22 heavy (non-hydrogen) atoms. The second-order valence-electron chi connectivity index (χ2n) is 5.02. The van der Waals surface area contributed by atoms with Crippen molar-refractivity contribution in [1.82, 2.24) is 19.6 Å². The molecule has 3 rings (SSSR count). The van der Waals surface area contributed by atoms with Gasteiger partial charge in [0.2, 0.25) is 0 Å². The van der Waals surface area contributed by atoms with Crippen LogP contribution >= 0.6 is 0 Å². The predicted octanol–water partition coefficient (Wildman–Crippen LogP) is 3.41. The summed E-state index contributed by atoms with van der Waals surface area (Å²) in [6.07, 6.45) is 1.66. The Kier molecular flexibility index (Phi) is 3.70.